The van der Waals surface area contributed by atoms with Gasteiger partial charge in [-0.05, 0) is 62.1 Å². The van der Waals surface area contributed by atoms with Gasteiger partial charge < -0.3 is 14.1 Å². The molecular formula is C21H24BrN3O3. The van der Waals surface area contributed by atoms with Crippen LogP contribution in [0.4, 0.5) is 0 Å². The molecule has 0 spiro atoms. The van der Waals surface area contributed by atoms with E-state index in [1.54, 1.807) is 4.68 Å². The molecule has 3 rings (SSSR count). The molecule has 2 heterocycles. The molecule has 0 aliphatic carbocycles. The van der Waals surface area contributed by atoms with Crippen molar-refractivity contribution in [2.24, 2.45) is 0 Å². The Morgan fingerprint density at radius 2 is 1.96 bits per heavy atom. The minimum absolute atomic E-state index is 0.0235. The van der Waals surface area contributed by atoms with Gasteiger partial charge in [-0.15, -0.1) is 0 Å². The van der Waals surface area contributed by atoms with E-state index < -0.39 is 0 Å². The lowest BCUT2D eigenvalue weighted by Gasteiger charge is -2.10. The maximum Gasteiger partial charge on any atom is 0.327 e. The first-order chi connectivity index (χ1) is 13.3. The van der Waals surface area contributed by atoms with Crippen LogP contribution in [0, 0.1) is 13.8 Å². The first-order valence-corrected chi connectivity index (χ1v) is 9.85. The molecule has 6 nitrogen and oxygen atoms in total. The van der Waals surface area contributed by atoms with Gasteiger partial charge in [-0.25, -0.2) is 4.68 Å². The van der Waals surface area contributed by atoms with E-state index in [2.05, 4.69) is 27.1 Å². The fourth-order valence-corrected chi connectivity index (χ4v) is 3.32. The highest BCUT2D eigenvalue weighted by Crippen LogP contribution is 2.34. The maximum absolute atomic E-state index is 12.2. The van der Waals surface area contributed by atoms with Gasteiger partial charge in [0.2, 0.25) is 0 Å². The van der Waals surface area contributed by atoms with Crippen LogP contribution in [-0.4, -0.2) is 47.9 Å². The van der Waals surface area contributed by atoms with Crippen LogP contribution < -0.4 is 0 Å². The number of furan rings is 1. The zero-order valence-corrected chi connectivity index (χ0v) is 18.1. The second kappa shape index (κ2) is 8.75. The van der Waals surface area contributed by atoms with Gasteiger partial charge in [0.15, 0.2) is 5.76 Å². The molecule has 2 aromatic heterocycles. The average Bonchev–Trinajstić information content (AvgIpc) is 3.20. The average molecular weight is 446 g/mol. The quantitative estimate of drug-likeness (QED) is 0.507. The van der Waals surface area contributed by atoms with Crippen molar-refractivity contribution in [3.05, 3.63) is 52.1 Å². The van der Waals surface area contributed by atoms with Crippen molar-refractivity contribution in [1.82, 2.24) is 14.7 Å². The minimum atomic E-state index is -0.330. The van der Waals surface area contributed by atoms with Crippen LogP contribution >= 0.6 is 15.9 Å². The third-order valence-corrected chi connectivity index (χ3v) is 5.23. The second-order valence-electron chi connectivity index (χ2n) is 6.96. The van der Waals surface area contributed by atoms with Crippen molar-refractivity contribution in [1.29, 1.82) is 0 Å². The Hall–Kier alpha value is -2.38. The number of esters is 1. The third-order valence-electron chi connectivity index (χ3n) is 4.28. The van der Waals surface area contributed by atoms with Gasteiger partial charge in [-0.2, -0.15) is 5.10 Å². The summed E-state index contributed by atoms with van der Waals surface area (Å²) >= 11 is 3.57. The van der Waals surface area contributed by atoms with E-state index in [0.717, 1.165) is 32.7 Å². The van der Waals surface area contributed by atoms with Gasteiger partial charge in [0.05, 0.1) is 10.2 Å². The van der Waals surface area contributed by atoms with E-state index in [1.165, 1.54) is 0 Å². The molecule has 0 aliphatic rings. The molecule has 3 aromatic rings. The molecule has 0 fully saturated rings. The molecule has 0 saturated carbocycles. The predicted octanol–water partition coefficient (Wildman–Crippen LogP) is 4.29. The molecule has 0 amide bonds. The Labute approximate surface area is 173 Å². The highest BCUT2D eigenvalue weighted by atomic mass is 79.9. The van der Waals surface area contributed by atoms with E-state index in [4.69, 9.17) is 9.15 Å². The normalized spacial score (nSPS) is 11.2. The standard InChI is InChI=1S/C21H24BrN3O3/c1-14-6-5-7-16(12-14)17-8-9-18(28-17)21-20(22)15(2)23-25(21)13-19(26)27-11-10-24(3)4/h5-9,12H,10-11,13H2,1-4H3. The van der Waals surface area contributed by atoms with Crippen molar-refractivity contribution in [3.8, 4) is 22.8 Å². The summed E-state index contributed by atoms with van der Waals surface area (Å²) in [4.78, 5) is 14.2. The monoisotopic (exact) mass is 445 g/mol. The lowest BCUT2D eigenvalue weighted by atomic mass is 10.1. The summed E-state index contributed by atoms with van der Waals surface area (Å²) in [7, 11) is 3.87. The number of halogens is 1. The SMILES string of the molecule is Cc1cccc(-c2ccc(-c3c(Br)c(C)nn3CC(=O)OCCN(C)C)o2)c1. The number of aromatic nitrogens is 2. The summed E-state index contributed by atoms with van der Waals surface area (Å²) in [6.45, 7) is 4.98. The third kappa shape index (κ3) is 4.72. The minimum Gasteiger partial charge on any atom is -0.463 e. The Balaban J connectivity index is 1.84. The fourth-order valence-electron chi connectivity index (χ4n) is 2.84. The van der Waals surface area contributed by atoms with Gasteiger partial charge in [-0.3, -0.25) is 4.79 Å². The fraction of sp³-hybridized carbons (Fsp3) is 0.333. The molecule has 0 saturated heterocycles. The summed E-state index contributed by atoms with van der Waals surface area (Å²) in [5, 5.41) is 4.46. The summed E-state index contributed by atoms with van der Waals surface area (Å²) in [5.41, 5.74) is 3.68. The Morgan fingerprint density at radius 1 is 1.21 bits per heavy atom. The van der Waals surface area contributed by atoms with E-state index in [1.807, 2.05) is 63.2 Å². The first-order valence-electron chi connectivity index (χ1n) is 9.05. The molecule has 0 atom stereocenters. The van der Waals surface area contributed by atoms with Crippen molar-refractivity contribution in [2.45, 2.75) is 20.4 Å². The van der Waals surface area contributed by atoms with Crippen LogP contribution in [0.5, 0.6) is 0 Å². The van der Waals surface area contributed by atoms with Crippen LogP contribution in [-0.2, 0) is 16.1 Å². The molecule has 0 unspecified atom stereocenters. The van der Waals surface area contributed by atoms with Crippen LogP contribution in [0.3, 0.4) is 0 Å². The largest absolute Gasteiger partial charge is 0.463 e. The predicted molar refractivity (Wildman–Crippen MR) is 112 cm³/mol. The highest BCUT2D eigenvalue weighted by Gasteiger charge is 2.20. The lowest BCUT2D eigenvalue weighted by molar-refractivity contribution is -0.144. The van der Waals surface area contributed by atoms with Crippen molar-refractivity contribution in [2.75, 3.05) is 27.2 Å². The summed E-state index contributed by atoms with van der Waals surface area (Å²) in [6.07, 6.45) is 0. The van der Waals surface area contributed by atoms with Gasteiger partial charge in [0.1, 0.15) is 24.6 Å². The second-order valence-corrected chi connectivity index (χ2v) is 7.76. The van der Waals surface area contributed by atoms with Gasteiger partial charge >= 0.3 is 5.97 Å². The molecule has 7 heteroatoms. The number of benzene rings is 1. The summed E-state index contributed by atoms with van der Waals surface area (Å²) < 4.78 is 13.8. The van der Waals surface area contributed by atoms with Crippen LogP contribution in [0.1, 0.15) is 11.3 Å². The maximum atomic E-state index is 12.2. The smallest absolute Gasteiger partial charge is 0.327 e. The van der Waals surface area contributed by atoms with Crippen molar-refractivity contribution >= 4 is 21.9 Å². The number of hydrogen-bond acceptors (Lipinski definition) is 5. The number of ether oxygens (including phenoxy) is 1. The Morgan fingerprint density at radius 3 is 2.68 bits per heavy atom. The molecule has 0 bridgehead atoms. The molecule has 28 heavy (non-hydrogen) atoms. The molecular weight excluding hydrogens is 422 g/mol. The molecule has 0 N–H and O–H groups in total. The van der Waals surface area contributed by atoms with Crippen molar-refractivity contribution in [3.63, 3.8) is 0 Å². The number of likely N-dealkylation sites (N-methyl/N-ethyl adjacent to an activating group) is 1. The lowest BCUT2D eigenvalue weighted by Crippen LogP contribution is -2.22. The number of aryl methyl sites for hydroxylation is 2. The first kappa shape index (κ1) is 20.4. The van der Waals surface area contributed by atoms with Gasteiger partial charge in [0.25, 0.3) is 0 Å². The molecule has 0 aliphatic heterocycles. The zero-order chi connectivity index (χ0) is 20.3. The summed E-state index contributed by atoms with van der Waals surface area (Å²) in [5.74, 6) is 1.08. The number of carbonyl (C=O) groups excluding carboxylic acids is 1. The van der Waals surface area contributed by atoms with E-state index in [0.29, 0.717) is 18.9 Å². The zero-order valence-electron chi connectivity index (χ0n) is 16.5. The molecule has 148 valence electrons. The molecule has 1 aromatic carbocycles. The van der Waals surface area contributed by atoms with Crippen LogP contribution in [0.15, 0.2) is 45.3 Å². The number of hydrogen-bond donors (Lipinski definition) is 0. The Bertz CT molecular complexity index is 975. The Kier molecular flexibility index (Phi) is 6.36. The van der Waals surface area contributed by atoms with Gasteiger partial charge in [0, 0.05) is 12.1 Å². The number of rotatable bonds is 7. The van der Waals surface area contributed by atoms with E-state index in [-0.39, 0.29) is 12.5 Å². The van der Waals surface area contributed by atoms with Gasteiger partial charge in [-0.1, -0.05) is 23.8 Å². The van der Waals surface area contributed by atoms with E-state index >= 15 is 0 Å². The number of carbonyl (C=O) groups is 1. The van der Waals surface area contributed by atoms with Crippen molar-refractivity contribution < 1.29 is 13.9 Å². The van der Waals surface area contributed by atoms with Crippen LogP contribution in [0.25, 0.3) is 22.8 Å². The topological polar surface area (TPSA) is 60.5 Å². The summed E-state index contributed by atoms with van der Waals surface area (Å²) in [6, 6.07) is 12.0. The number of nitrogens with zero attached hydrogens (tertiary/aromatic N) is 3. The highest BCUT2D eigenvalue weighted by molar-refractivity contribution is 9.10. The van der Waals surface area contributed by atoms with E-state index in [9.17, 15) is 4.79 Å². The van der Waals surface area contributed by atoms with Crippen LogP contribution in [0.2, 0.25) is 0 Å². The molecule has 0 radical (unpaired) electrons.